The summed E-state index contributed by atoms with van der Waals surface area (Å²) in [5.41, 5.74) is 0. The van der Waals surface area contributed by atoms with Crippen LogP contribution in [0.5, 0.6) is 5.88 Å². The SMILES string of the molecule is CCOc1cnc(NC(=O)N(C)C2CN(c3nccc(NC(=O)OC(C)CCCCN(C)CC)n3)CCC2(F)F)cn1. The molecule has 1 saturated heterocycles. The minimum Gasteiger partial charge on any atom is -0.477 e. The molecule has 1 aliphatic rings. The first-order valence-electron chi connectivity index (χ1n) is 14.1. The molecule has 3 heterocycles. The number of ether oxygens (including phenoxy) is 2. The second-order valence-electron chi connectivity index (χ2n) is 10.2. The van der Waals surface area contributed by atoms with Gasteiger partial charge >= 0.3 is 12.1 Å². The second kappa shape index (κ2) is 15.4. The molecule has 0 saturated carbocycles. The van der Waals surface area contributed by atoms with Gasteiger partial charge in [0.15, 0.2) is 5.82 Å². The van der Waals surface area contributed by atoms with E-state index in [1.807, 2.05) is 6.92 Å². The molecule has 0 spiro atoms. The van der Waals surface area contributed by atoms with Crippen LogP contribution in [0.3, 0.4) is 0 Å². The summed E-state index contributed by atoms with van der Waals surface area (Å²) in [4.78, 5) is 46.5. The number of halogens is 2. The lowest BCUT2D eigenvalue weighted by molar-refractivity contribution is -0.0760. The molecule has 232 valence electrons. The molecule has 1 aliphatic heterocycles. The zero-order valence-corrected chi connectivity index (χ0v) is 24.8. The van der Waals surface area contributed by atoms with Gasteiger partial charge in [0.2, 0.25) is 11.8 Å². The van der Waals surface area contributed by atoms with Crippen molar-refractivity contribution in [1.29, 1.82) is 0 Å². The van der Waals surface area contributed by atoms with Crippen molar-refractivity contribution in [3.05, 3.63) is 24.7 Å². The summed E-state index contributed by atoms with van der Waals surface area (Å²) in [6.07, 6.45) is 5.25. The number of unbranched alkanes of at least 4 members (excludes halogenated alkanes) is 1. The Morgan fingerprint density at radius 1 is 1.14 bits per heavy atom. The van der Waals surface area contributed by atoms with Gasteiger partial charge in [0.1, 0.15) is 18.0 Å². The number of hydrogen-bond acceptors (Lipinski definition) is 10. The average Bonchev–Trinajstić information content (AvgIpc) is 2.96. The van der Waals surface area contributed by atoms with Crippen molar-refractivity contribution in [2.75, 3.05) is 62.4 Å². The summed E-state index contributed by atoms with van der Waals surface area (Å²) < 4.78 is 40.6. The summed E-state index contributed by atoms with van der Waals surface area (Å²) in [7, 11) is 3.35. The van der Waals surface area contributed by atoms with E-state index in [4.69, 9.17) is 9.47 Å². The maximum atomic E-state index is 15.0. The van der Waals surface area contributed by atoms with Crippen molar-refractivity contribution in [3.8, 4) is 5.88 Å². The molecule has 3 rings (SSSR count). The number of urea groups is 1. The molecule has 13 nitrogen and oxygen atoms in total. The van der Waals surface area contributed by atoms with Crippen LogP contribution in [0.1, 0.15) is 46.5 Å². The highest BCUT2D eigenvalue weighted by molar-refractivity contribution is 5.88. The zero-order valence-electron chi connectivity index (χ0n) is 24.8. The number of piperidine rings is 1. The molecule has 2 atom stereocenters. The third kappa shape index (κ3) is 9.60. The zero-order chi connectivity index (χ0) is 30.7. The van der Waals surface area contributed by atoms with Crippen LogP contribution >= 0.6 is 0 Å². The van der Waals surface area contributed by atoms with Crippen molar-refractivity contribution < 1.29 is 27.8 Å². The average molecular weight is 594 g/mol. The predicted octanol–water partition coefficient (Wildman–Crippen LogP) is 4.10. The number of carbonyl (C=O) groups excluding carboxylic acids is 2. The Kier molecular flexibility index (Phi) is 11.9. The van der Waals surface area contributed by atoms with Gasteiger partial charge in [-0.05, 0) is 59.3 Å². The monoisotopic (exact) mass is 593 g/mol. The molecule has 0 bridgehead atoms. The molecule has 15 heteroatoms. The Balaban J connectivity index is 1.57. The molecule has 42 heavy (non-hydrogen) atoms. The summed E-state index contributed by atoms with van der Waals surface area (Å²) in [6.45, 7) is 7.83. The number of hydrogen-bond donors (Lipinski definition) is 2. The predicted molar refractivity (Wildman–Crippen MR) is 154 cm³/mol. The third-order valence-electron chi connectivity index (χ3n) is 6.94. The molecule has 0 aromatic carbocycles. The highest BCUT2D eigenvalue weighted by atomic mass is 19.3. The van der Waals surface area contributed by atoms with Crippen molar-refractivity contribution in [2.24, 2.45) is 0 Å². The second-order valence-corrected chi connectivity index (χ2v) is 10.2. The number of likely N-dealkylation sites (N-methyl/N-ethyl adjacent to an activating group) is 1. The fourth-order valence-corrected chi connectivity index (χ4v) is 4.33. The summed E-state index contributed by atoms with van der Waals surface area (Å²) >= 11 is 0. The topological polar surface area (TPSA) is 138 Å². The van der Waals surface area contributed by atoms with Crippen molar-refractivity contribution in [3.63, 3.8) is 0 Å². The lowest BCUT2D eigenvalue weighted by Crippen LogP contribution is -2.60. The number of anilines is 3. The number of carbonyl (C=O) groups is 2. The Labute approximate surface area is 245 Å². The molecule has 0 radical (unpaired) electrons. The maximum Gasteiger partial charge on any atom is 0.413 e. The molecule has 2 aromatic rings. The number of nitrogens with one attached hydrogen (secondary N) is 2. The molecular weight excluding hydrogens is 552 g/mol. The molecular formula is C27H41F2N9O4. The fraction of sp³-hybridized carbons (Fsp3) is 0.630. The molecule has 2 aromatic heterocycles. The Hall–Kier alpha value is -3.88. The third-order valence-corrected chi connectivity index (χ3v) is 6.94. The van der Waals surface area contributed by atoms with Crippen molar-refractivity contribution in [2.45, 2.75) is 64.5 Å². The Bertz CT molecular complexity index is 1160. The smallest absolute Gasteiger partial charge is 0.413 e. The highest BCUT2D eigenvalue weighted by Crippen LogP contribution is 2.33. The number of nitrogens with zero attached hydrogens (tertiary/aromatic N) is 7. The number of aromatic nitrogens is 4. The van der Waals surface area contributed by atoms with Crippen LogP contribution in [0.25, 0.3) is 0 Å². The van der Waals surface area contributed by atoms with Gasteiger partial charge in [0.05, 0.1) is 19.0 Å². The first kappa shape index (κ1) is 32.6. The summed E-state index contributed by atoms with van der Waals surface area (Å²) in [5, 5.41) is 5.07. The number of rotatable bonds is 13. The van der Waals surface area contributed by atoms with E-state index >= 15 is 0 Å². The van der Waals surface area contributed by atoms with Crippen LogP contribution in [-0.2, 0) is 4.74 Å². The summed E-state index contributed by atoms with van der Waals surface area (Å²) in [6, 6.07) is -0.764. The molecule has 0 aliphatic carbocycles. The first-order chi connectivity index (χ1) is 20.0. The van der Waals surface area contributed by atoms with Crippen LogP contribution in [0, 0.1) is 0 Å². The minimum atomic E-state index is -3.16. The lowest BCUT2D eigenvalue weighted by atomic mass is 10.00. The maximum absolute atomic E-state index is 15.0. The Morgan fingerprint density at radius 2 is 1.93 bits per heavy atom. The Morgan fingerprint density at radius 3 is 2.62 bits per heavy atom. The minimum absolute atomic E-state index is 0.0402. The summed E-state index contributed by atoms with van der Waals surface area (Å²) in [5.74, 6) is -2.46. The number of alkyl halides is 2. The highest BCUT2D eigenvalue weighted by Gasteiger charge is 2.48. The van der Waals surface area contributed by atoms with Gasteiger partial charge in [0, 0.05) is 32.8 Å². The van der Waals surface area contributed by atoms with Gasteiger partial charge in [-0.1, -0.05) is 6.92 Å². The van der Waals surface area contributed by atoms with Crippen LogP contribution in [-0.4, -0.2) is 107 Å². The van der Waals surface area contributed by atoms with E-state index in [9.17, 15) is 18.4 Å². The molecule has 3 amide bonds. The van der Waals surface area contributed by atoms with Gasteiger partial charge in [0.25, 0.3) is 5.92 Å². The lowest BCUT2D eigenvalue weighted by Gasteiger charge is -2.42. The van der Waals surface area contributed by atoms with E-state index in [2.05, 4.69) is 49.4 Å². The largest absolute Gasteiger partial charge is 0.477 e. The van der Waals surface area contributed by atoms with Crippen molar-refractivity contribution in [1.82, 2.24) is 29.7 Å². The molecule has 1 fully saturated rings. The van der Waals surface area contributed by atoms with E-state index in [0.717, 1.165) is 37.3 Å². The quantitative estimate of drug-likeness (QED) is 0.327. The standard InChI is InChI=1S/C27H41F2N9O4/c1-6-36(4)14-9-8-10-19(3)42-26(40)35-21-11-13-30-24(33-21)38-15-12-27(28,29)20(18-38)37(5)25(39)34-22-16-32-23(17-31-22)41-7-2/h11,13,16-17,19-20H,6-10,12,14-15,18H2,1-5H3,(H,31,34,39)(H,30,33,35,40). The van der Waals surface area contributed by atoms with E-state index in [1.54, 1.807) is 11.8 Å². The number of amides is 3. The molecule has 2 N–H and O–H groups in total. The van der Waals surface area contributed by atoms with Crippen LogP contribution < -0.4 is 20.3 Å². The van der Waals surface area contributed by atoms with E-state index in [-0.39, 0.29) is 42.7 Å². The van der Waals surface area contributed by atoms with E-state index in [0.29, 0.717) is 6.61 Å². The van der Waals surface area contributed by atoms with Gasteiger partial charge < -0.3 is 24.2 Å². The van der Waals surface area contributed by atoms with Crippen LogP contribution in [0.2, 0.25) is 0 Å². The molecule has 2 unspecified atom stereocenters. The van der Waals surface area contributed by atoms with Gasteiger partial charge in [-0.25, -0.2) is 33.3 Å². The van der Waals surface area contributed by atoms with Crippen molar-refractivity contribution >= 4 is 29.7 Å². The fourth-order valence-electron chi connectivity index (χ4n) is 4.33. The normalized spacial score (nSPS) is 17.0. The van der Waals surface area contributed by atoms with Gasteiger partial charge in [-0.15, -0.1) is 0 Å². The van der Waals surface area contributed by atoms with Gasteiger partial charge in [-0.3, -0.25) is 10.6 Å². The van der Waals surface area contributed by atoms with Crippen LogP contribution in [0.15, 0.2) is 24.7 Å². The van der Waals surface area contributed by atoms with E-state index < -0.39 is 30.5 Å². The van der Waals surface area contributed by atoms with Gasteiger partial charge in [-0.2, -0.15) is 4.98 Å². The van der Waals surface area contributed by atoms with Crippen LogP contribution in [0.4, 0.5) is 36.0 Å². The van der Waals surface area contributed by atoms with E-state index in [1.165, 1.54) is 31.7 Å². The first-order valence-corrected chi connectivity index (χ1v) is 14.1.